The Kier molecular flexibility index (Phi) is 4.80. The fraction of sp³-hybridized carbons (Fsp3) is 0.600. The van der Waals surface area contributed by atoms with Gasteiger partial charge in [-0.3, -0.25) is 20.9 Å². The van der Waals surface area contributed by atoms with E-state index >= 15 is 0 Å². The van der Waals surface area contributed by atoms with E-state index in [1.165, 1.54) is 25.3 Å². The maximum atomic E-state index is 11.0. The van der Waals surface area contributed by atoms with Crippen molar-refractivity contribution in [2.24, 2.45) is 11.3 Å². The quantitative estimate of drug-likeness (QED) is 0.495. The number of nitrogens with two attached hydrogens (primary N) is 1. The minimum Gasteiger partial charge on any atom is -0.318 e. The molecule has 6 nitrogen and oxygen atoms in total. The fourth-order valence-corrected chi connectivity index (χ4v) is 2.88. The number of anilines is 1. The Labute approximate surface area is 125 Å². The van der Waals surface area contributed by atoms with Gasteiger partial charge in [-0.15, -0.1) is 0 Å². The van der Waals surface area contributed by atoms with Gasteiger partial charge in [0.1, 0.15) is 5.69 Å². The normalized spacial score (nSPS) is 18.4. The van der Waals surface area contributed by atoms with Crippen LogP contribution < -0.4 is 11.3 Å². The number of nitrogens with zero attached hydrogens (tertiary/aromatic N) is 2. The van der Waals surface area contributed by atoms with Crippen LogP contribution in [0.5, 0.6) is 0 Å². The van der Waals surface area contributed by atoms with Crippen LogP contribution in [0, 0.1) is 15.5 Å². The molecule has 1 aromatic carbocycles. The zero-order chi connectivity index (χ0) is 15.5. The standard InChI is InChI=1S/C15H24N4O2/c1-3-15(2)7-9-18(10-8-15)11-12-5-4-6-13(19(20)21)14(12)17-16/h4-6,17H,3,7-11,16H2,1-2H3. The number of piperidine rings is 1. The molecule has 1 aromatic rings. The third kappa shape index (κ3) is 3.51. The highest BCUT2D eigenvalue weighted by molar-refractivity contribution is 5.65. The highest BCUT2D eigenvalue weighted by Gasteiger charge is 2.28. The molecule has 0 saturated carbocycles. The Hall–Kier alpha value is -1.66. The van der Waals surface area contributed by atoms with Crippen LogP contribution in [0.3, 0.4) is 0 Å². The number of benzene rings is 1. The summed E-state index contributed by atoms with van der Waals surface area (Å²) in [5.74, 6) is 5.49. The number of nitro benzene ring substituents is 1. The molecule has 116 valence electrons. The minimum atomic E-state index is -0.400. The van der Waals surface area contributed by atoms with E-state index in [0.717, 1.165) is 18.7 Å². The van der Waals surface area contributed by atoms with Crippen molar-refractivity contribution in [1.29, 1.82) is 0 Å². The Morgan fingerprint density at radius 3 is 2.62 bits per heavy atom. The van der Waals surface area contributed by atoms with E-state index in [2.05, 4.69) is 24.2 Å². The van der Waals surface area contributed by atoms with Crippen LogP contribution in [-0.4, -0.2) is 22.9 Å². The van der Waals surface area contributed by atoms with Gasteiger partial charge < -0.3 is 5.43 Å². The number of rotatable bonds is 5. The van der Waals surface area contributed by atoms with Crippen molar-refractivity contribution in [2.45, 2.75) is 39.7 Å². The Bertz CT molecular complexity index is 510. The van der Waals surface area contributed by atoms with Gasteiger partial charge in [0.05, 0.1) is 4.92 Å². The second-order valence-corrected chi connectivity index (χ2v) is 6.15. The number of hydrogen-bond acceptors (Lipinski definition) is 5. The minimum absolute atomic E-state index is 0.0328. The molecule has 1 aliphatic rings. The molecule has 0 spiro atoms. The molecule has 1 saturated heterocycles. The second kappa shape index (κ2) is 6.41. The van der Waals surface area contributed by atoms with Crippen molar-refractivity contribution < 1.29 is 4.92 Å². The first-order valence-electron chi connectivity index (χ1n) is 7.44. The van der Waals surface area contributed by atoms with Gasteiger partial charge in [0, 0.05) is 12.6 Å². The topological polar surface area (TPSA) is 84.4 Å². The Balaban J connectivity index is 2.11. The zero-order valence-electron chi connectivity index (χ0n) is 12.8. The third-order valence-electron chi connectivity index (χ3n) is 4.78. The summed E-state index contributed by atoms with van der Waals surface area (Å²) in [4.78, 5) is 13.0. The Morgan fingerprint density at radius 1 is 1.43 bits per heavy atom. The molecule has 1 fully saturated rings. The maximum absolute atomic E-state index is 11.0. The van der Waals surface area contributed by atoms with Crippen molar-refractivity contribution >= 4 is 11.4 Å². The molecule has 0 amide bonds. The Morgan fingerprint density at radius 2 is 2.10 bits per heavy atom. The van der Waals surface area contributed by atoms with Crippen molar-refractivity contribution in [3.63, 3.8) is 0 Å². The summed E-state index contributed by atoms with van der Waals surface area (Å²) in [7, 11) is 0. The van der Waals surface area contributed by atoms with Gasteiger partial charge in [-0.1, -0.05) is 32.4 Å². The van der Waals surface area contributed by atoms with Gasteiger partial charge in [0.2, 0.25) is 0 Å². The van der Waals surface area contributed by atoms with Gasteiger partial charge in [0.15, 0.2) is 0 Å². The van der Waals surface area contributed by atoms with Gasteiger partial charge in [0.25, 0.3) is 5.69 Å². The number of para-hydroxylation sites is 1. The predicted octanol–water partition coefficient (Wildman–Crippen LogP) is 2.89. The SMILES string of the molecule is CCC1(C)CCN(Cc2cccc([N+](=O)[O-])c2NN)CC1. The van der Waals surface area contributed by atoms with E-state index in [1.54, 1.807) is 6.07 Å². The summed E-state index contributed by atoms with van der Waals surface area (Å²) < 4.78 is 0. The molecule has 6 heteroatoms. The van der Waals surface area contributed by atoms with Crippen molar-refractivity contribution in [2.75, 3.05) is 18.5 Å². The van der Waals surface area contributed by atoms with Crippen LogP contribution >= 0.6 is 0 Å². The lowest BCUT2D eigenvalue weighted by Gasteiger charge is -2.39. The molecule has 3 N–H and O–H groups in total. The molecule has 0 radical (unpaired) electrons. The molecule has 1 heterocycles. The molecule has 0 bridgehead atoms. The number of hydrogen-bond donors (Lipinski definition) is 2. The largest absolute Gasteiger partial charge is 0.318 e. The molecule has 0 unspecified atom stereocenters. The average Bonchev–Trinajstić information content (AvgIpc) is 2.49. The predicted molar refractivity (Wildman–Crippen MR) is 83.8 cm³/mol. The van der Waals surface area contributed by atoms with Crippen molar-refractivity contribution in [1.82, 2.24) is 4.90 Å². The van der Waals surface area contributed by atoms with Crippen LogP contribution in [0.15, 0.2) is 18.2 Å². The molecule has 0 aromatic heterocycles. The monoisotopic (exact) mass is 292 g/mol. The highest BCUT2D eigenvalue weighted by Crippen LogP contribution is 2.35. The van der Waals surface area contributed by atoms with Crippen LogP contribution in [-0.2, 0) is 6.54 Å². The van der Waals surface area contributed by atoms with Crippen LogP contribution in [0.1, 0.15) is 38.7 Å². The van der Waals surface area contributed by atoms with Gasteiger partial charge in [-0.05, 0) is 36.9 Å². The summed E-state index contributed by atoms with van der Waals surface area (Å²) in [6.45, 7) is 7.33. The van der Waals surface area contributed by atoms with E-state index in [0.29, 0.717) is 17.6 Å². The first kappa shape index (κ1) is 15.7. The number of hydrazine groups is 1. The molecule has 1 aliphatic heterocycles. The van der Waals surface area contributed by atoms with E-state index in [9.17, 15) is 10.1 Å². The number of likely N-dealkylation sites (tertiary alicyclic amines) is 1. The van der Waals surface area contributed by atoms with Crippen LogP contribution in [0.4, 0.5) is 11.4 Å². The van der Waals surface area contributed by atoms with Crippen molar-refractivity contribution in [3.05, 3.63) is 33.9 Å². The molecule has 2 rings (SSSR count). The average molecular weight is 292 g/mol. The van der Waals surface area contributed by atoms with Gasteiger partial charge >= 0.3 is 0 Å². The van der Waals surface area contributed by atoms with E-state index in [1.807, 2.05) is 6.07 Å². The second-order valence-electron chi connectivity index (χ2n) is 6.15. The first-order chi connectivity index (χ1) is 9.99. The van der Waals surface area contributed by atoms with E-state index in [-0.39, 0.29) is 5.69 Å². The molecule has 0 aliphatic carbocycles. The zero-order valence-corrected chi connectivity index (χ0v) is 12.8. The lowest BCUT2D eigenvalue weighted by atomic mass is 9.78. The van der Waals surface area contributed by atoms with E-state index < -0.39 is 4.92 Å². The highest BCUT2D eigenvalue weighted by atomic mass is 16.6. The lowest BCUT2D eigenvalue weighted by molar-refractivity contribution is -0.384. The number of nitrogens with one attached hydrogen (secondary N) is 1. The lowest BCUT2D eigenvalue weighted by Crippen LogP contribution is -2.38. The summed E-state index contributed by atoms with van der Waals surface area (Å²) in [5, 5.41) is 11.0. The van der Waals surface area contributed by atoms with Crippen LogP contribution in [0.25, 0.3) is 0 Å². The smallest absolute Gasteiger partial charge is 0.293 e. The van der Waals surface area contributed by atoms with Gasteiger partial charge in [-0.2, -0.15) is 0 Å². The van der Waals surface area contributed by atoms with E-state index in [4.69, 9.17) is 5.84 Å². The molecule has 21 heavy (non-hydrogen) atoms. The van der Waals surface area contributed by atoms with Gasteiger partial charge in [-0.25, -0.2) is 0 Å². The fourth-order valence-electron chi connectivity index (χ4n) is 2.88. The summed E-state index contributed by atoms with van der Waals surface area (Å²) in [6, 6.07) is 5.09. The maximum Gasteiger partial charge on any atom is 0.293 e. The number of nitrogen functional groups attached to an aromatic ring is 1. The summed E-state index contributed by atoms with van der Waals surface area (Å²) in [5.41, 5.74) is 4.27. The van der Waals surface area contributed by atoms with Crippen LogP contribution in [0.2, 0.25) is 0 Å². The third-order valence-corrected chi connectivity index (χ3v) is 4.78. The molecular weight excluding hydrogens is 268 g/mol. The number of nitro groups is 1. The first-order valence-corrected chi connectivity index (χ1v) is 7.44. The molecular formula is C15H24N4O2. The molecule has 0 atom stereocenters. The summed E-state index contributed by atoms with van der Waals surface area (Å²) >= 11 is 0. The van der Waals surface area contributed by atoms with Crippen molar-refractivity contribution in [3.8, 4) is 0 Å². The summed E-state index contributed by atoms with van der Waals surface area (Å²) in [6.07, 6.45) is 3.54.